The molecule has 0 unspecified atom stereocenters. The lowest BCUT2D eigenvalue weighted by molar-refractivity contribution is -0.106. The fourth-order valence-electron chi connectivity index (χ4n) is 1.65. The van der Waals surface area contributed by atoms with Crippen molar-refractivity contribution < 1.29 is 14.3 Å². The van der Waals surface area contributed by atoms with Gasteiger partial charge >= 0.3 is 5.63 Å². The molecule has 2 aromatic rings. The van der Waals surface area contributed by atoms with E-state index in [9.17, 15) is 14.7 Å². The first-order valence-corrected chi connectivity index (χ1v) is 5.14. The Morgan fingerprint density at radius 1 is 1.47 bits per heavy atom. The summed E-state index contributed by atoms with van der Waals surface area (Å²) in [6, 6.07) is 4.43. The van der Waals surface area contributed by atoms with Gasteiger partial charge in [0.1, 0.15) is 17.0 Å². The Labute approximate surface area is 102 Å². The van der Waals surface area contributed by atoms with E-state index in [1.165, 1.54) is 12.1 Å². The van der Waals surface area contributed by atoms with Crippen LogP contribution in [-0.4, -0.2) is 11.5 Å². The van der Waals surface area contributed by atoms with Crippen molar-refractivity contribution in [3.63, 3.8) is 0 Å². The minimum Gasteiger partial charge on any atom is -0.508 e. The topological polar surface area (TPSA) is 70.8 Å². The second-order valence-electron chi connectivity index (χ2n) is 3.49. The van der Waals surface area contributed by atoms with Crippen LogP contribution < -0.4 is 9.93 Å². The number of carbonyl (C=O) groups excluding carboxylic acids is 1. The number of thiol groups is 1. The lowest BCUT2D eigenvalue weighted by Crippen LogP contribution is -2.18. The van der Waals surface area contributed by atoms with Crippen LogP contribution in [0.2, 0.25) is 0 Å². The molecule has 0 fully saturated rings. The van der Waals surface area contributed by atoms with E-state index in [-0.39, 0.29) is 17.0 Å². The summed E-state index contributed by atoms with van der Waals surface area (Å²) in [7, 11) is 0. The lowest BCUT2D eigenvalue weighted by Gasteiger charge is -2.12. The highest BCUT2D eigenvalue weighted by molar-refractivity contribution is 7.82. The highest BCUT2D eigenvalue weighted by atomic mass is 32.1. The Kier molecular flexibility index (Phi) is 2.81. The zero-order valence-corrected chi connectivity index (χ0v) is 9.77. The highest BCUT2D eigenvalue weighted by Crippen LogP contribution is 2.27. The summed E-state index contributed by atoms with van der Waals surface area (Å²) in [4.78, 5) is 22.3. The summed E-state index contributed by atoms with van der Waals surface area (Å²) in [5.74, 6) is 0.00548. The predicted molar refractivity (Wildman–Crippen MR) is 66.4 cm³/mol. The molecular weight excluding hydrogens is 242 g/mol. The van der Waals surface area contributed by atoms with Crippen molar-refractivity contribution in [2.24, 2.45) is 0 Å². The number of aromatic hydroxyl groups is 1. The number of aryl methyl sites for hydroxylation is 1. The summed E-state index contributed by atoms with van der Waals surface area (Å²) in [6.07, 6.45) is 0.411. The molecule has 5 nitrogen and oxygen atoms in total. The van der Waals surface area contributed by atoms with Crippen molar-refractivity contribution in [1.82, 2.24) is 0 Å². The molecule has 0 aliphatic heterocycles. The maximum absolute atomic E-state index is 11.7. The van der Waals surface area contributed by atoms with Crippen LogP contribution in [0.15, 0.2) is 27.4 Å². The van der Waals surface area contributed by atoms with Gasteiger partial charge < -0.3 is 9.52 Å². The number of hydrogen-bond donors (Lipinski definition) is 2. The molecule has 17 heavy (non-hydrogen) atoms. The Hall–Kier alpha value is -1.95. The number of fused-ring (bicyclic) bond motifs is 1. The summed E-state index contributed by atoms with van der Waals surface area (Å²) >= 11 is 3.86. The molecule has 0 spiro atoms. The van der Waals surface area contributed by atoms with E-state index >= 15 is 0 Å². The van der Waals surface area contributed by atoms with Crippen LogP contribution >= 0.6 is 12.8 Å². The first-order chi connectivity index (χ1) is 8.04. The molecule has 0 saturated heterocycles. The van der Waals surface area contributed by atoms with Crippen LogP contribution in [0.4, 0.5) is 5.69 Å². The minimum absolute atomic E-state index is 0.00548. The minimum atomic E-state index is -0.678. The van der Waals surface area contributed by atoms with Crippen LogP contribution in [-0.2, 0) is 4.79 Å². The number of benzene rings is 1. The van der Waals surface area contributed by atoms with Crippen LogP contribution in [0.3, 0.4) is 0 Å². The second kappa shape index (κ2) is 4.14. The van der Waals surface area contributed by atoms with Crippen LogP contribution in [0.1, 0.15) is 5.56 Å². The quantitative estimate of drug-likeness (QED) is 0.483. The molecule has 1 heterocycles. The number of amides is 1. The maximum Gasteiger partial charge on any atom is 0.361 e. The van der Waals surface area contributed by atoms with E-state index < -0.39 is 5.63 Å². The molecule has 6 heteroatoms. The van der Waals surface area contributed by atoms with Gasteiger partial charge in [-0.15, -0.1) is 0 Å². The van der Waals surface area contributed by atoms with E-state index in [0.717, 1.165) is 4.31 Å². The zero-order valence-electron chi connectivity index (χ0n) is 8.88. The van der Waals surface area contributed by atoms with Gasteiger partial charge in [-0.3, -0.25) is 9.10 Å². The maximum atomic E-state index is 11.7. The van der Waals surface area contributed by atoms with E-state index in [1.807, 2.05) is 0 Å². The van der Waals surface area contributed by atoms with Crippen molar-refractivity contribution in [1.29, 1.82) is 0 Å². The molecule has 0 atom stereocenters. The lowest BCUT2D eigenvalue weighted by atomic mass is 10.1. The van der Waals surface area contributed by atoms with Crippen molar-refractivity contribution in [2.45, 2.75) is 6.92 Å². The number of phenols is 1. The second-order valence-corrected chi connectivity index (χ2v) is 3.92. The predicted octanol–water partition coefficient (Wildman–Crippen LogP) is 1.61. The first-order valence-electron chi connectivity index (χ1n) is 4.74. The first kappa shape index (κ1) is 11.5. The molecule has 0 aliphatic carbocycles. The largest absolute Gasteiger partial charge is 0.508 e. The van der Waals surface area contributed by atoms with Gasteiger partial charge in [0.25, 0.3) is 0 Å². The Balaban J connectivity index is 2.85. The molecule has 0 saturated carbocycles. The number of phenolic OH excluding ortho intramolecular Hbond substituents is 1. The van der Waals surface area contributed by atoms with Gasteiger partial charge in [-0.2, -0.15) is 0 Å². The third kappa shape index (κ3) is 1.87. The summed E-state index contributed by atoms with van der Waals surface area (Å²) in [5.41, 5.74) is 0.228. The number of rotatable bonds is 2. The van der Waals surface area contributed by atoms with E-state index in [2.05, 4.69) is 12.8 Å². The molecule has 0 aliphatic rings. The van der Waals surface area contributed by atoms with Gasteiger partial charge in [0.2, 0.25) is 6.41 Å². The van der Waals surface area contributed by atoms with Gasteiger partial charge in [0.05, 0.1) is 0 Å². The van der Waals surface area contributed by atoms with Crippen LogP contribution in [0.5, 0.6) is 5.75 Å². The van der Waals surface area contributed by atoms with Crippen molar-refractivity contribution >= 4 is 35.9 Å². The number of anilines is 1. The molecule has 0 radical (unpaired) electrons. The SMILES string of the molecule is Cc1c(N(S)C=O)c(=O)oc2cc(O)ccc12. The van der Waals surface area contributed by atoms with E-state index in [1.54, 1.807) is 13.0 Å². The molecule has 88 valence electrons. The Morgan fingerprint density at radius 3 is 2.82 bits per heavy atom. The molecular formula is C11H9NO4S. The molecule has 1 aromatic heterocycles. The molecule has 1 aromatic carbocycles. The van der Waals surface area contributed by atoms with E-state index in [4.69, 9.17) is 4.42 Å². The van der Waals surface area contributed by atoms with Gasteiger partial charge in [-0.1, -0.05) is 12.8 Å². The fourth-order valence-corrected chi connectivity index (χ4v) is 1.88. The number of nitrogens with zero attached hydrogens (tertiary/aromatic N) is 1. The van der Waals surface area contributed by atoms with Crippen molar-refractivity contribution in [2.75, 3.05) is 4.31 Å². The normalized spacial score (nSPS) is 10.5. The number of carbonyl (C=O) groups is 1. The fraction of sp³-hybridized carbons (Fsp3) is 0.0909. The van der Waals surface area contributed by atoms with Crippen LogP contribution in [0, 0.1) is 6.92 Å². The van der Waals surface area contributed by atoms with Crippen molar-refractivity contribution in [3.8, 4) is 5.75 Å². The van der Waals surface area contributed by atoms with Gasteiger partial charge in [0.15, 0.2) is 0 Å². The molecule has 1 amide bonds. The smallest absolute Gasteiger partial charge is 0.361 e. The van der Waals surface area contributed by atoms with Gasteiger partial charge in [0, 0.05) is 11.5 Å². The average Bonchev–Trinajstić information content (AvgIpc) is 2.28. The van der Waals surface area contributed by atoms with Gasteiger partial charge in [-0.25, -0.2) is 4.79 Å². The van der Waals surface area contributed by atoms with Crippen molar-refractivity contribution in [3.05, 3.63) is 34.2 Å². The summed E-state index contributed by atoms with van der Waals surface area (Å²) in [5, 5.41) is 9.93. The third-order valence-electron chi connectivity index (χ3n) is 2.45. The Morgan fingerprint density at radius 2 is 2.18 bits per heavy atom. The van der Waals surface area contributed by atoms with Crippen LogP contribution in [0.25, 0.3) is 11.0 Å². The monoisotopic (exact) mass is 251 g/mol. The summed E-state index contributed by atoms with van der Waals surface area (Å²) in [6.45, 7) is 1.68. The van der Waals surface area contributed by atoms with E-state index in [0.29, 0.717) is 17.4 Å². The standard InChI is InChI=1S/C11H9NO4S/c1-6-8-3-2-7(14)4-9(8)16-11(15)10(6)12(17)5-13/h2-5,14,17H,1H3. The van der Waals surface area contributed by atoms with Gasteiger partial charge in [-0.05, 0) is 24.6 Å². The molecule has 1 N–H and O–H groups in total. The average molecular weight is 251 g/mol. The highest BCUT2D eigenvalue weighted by Gasteiger charge is 2.15. The molecule has 2 rings (SSSR count). The molecule has 0 bridgehead atoms. The Bertz CT molecular complexity index is 650. The third-order valence-corrected chi connectivity index (χ3v) is 2.74. The summed E-state index contributed by atoms with van der Waals surface area (Å²) < 4.78 is 5.88. The zero-order chi connectivity index (χ0) is 12.6. The number of hydrogen-bond acceptors (Lipinski definition) is 5.